The zero-order valence-electron chi connectivity index (χ0n) is 11.9. The van der Waals surface area contributed by atoms with E-state index in [1.807, 2.05) is 50.2 Å². The molecule has 2 rings (SSSR count). The maximum atomic E-state index is 12.0. The van der Waals surface area contributed by atoms with Gasteiger partial charge in [0.15, 0.2) is 0 Å². The highest BCUT2D eigenvalue weighted by Crippen LogP contribution is 2.14. The van der Waals surface area contributed by atoms with E-state index in [1.165, 1.54) is 0 Å². The fraction of sp³-hybridized carbons (Fsp3) is 0.267. The summed E-state index contributed by atoms with van der Waals surface area (Å²) >= 11 is 0. The van der Waals surface area contributed by atoms with Gasteiger partial charge in [-0.2, -0.15) is 0 Å². The van der Waals surface area contributed by atoms with Crippen molar-refractivity contribution in [1.29, 1.82) is 0 Å². The number of nitrogens with zero attached hydrogens (tertiary/aromatic N) is 3. The number of aromatic nitrogens is 2. The molecule has 5 heteroatoms. The third-order valence-electron chi connectivity index (χ3n) is 2.86. The van der Waals surface area contributed by atoms with Crippen LogP contribution in [0.3, 0.4) is 0 Å². The van der Waals surface area contributed by atoms with Crippen LogP contribution in [0.1, 0.15) is 11.3 Å². The van der Waals surface area contributed by atoms with Crippen LogP contribution in [-0.2, 0) is 11.2 Å². The van der Waals surface area contributed by atoms with Gasteiger partial charge in [-0.15, -0.1) is 0 Å². The van der Waals surface area contributed by atoms with Gasteiger partial charge in [0, 0.05) is 43.9 Å². The van der Waals surface area contributed by atoms with Gasteiger partial charge in [-0.3, -0.25) is 9.78 Å². The van der Waals surface area contributed by atoms with Crippen molar-refractivity contribution in [3.05, 3.63) is 47.9 Å². The van der Waals surface area contributed by atoms with E-state index < -0.39 is 0 Å². The van der Waals surface area contributed by atoms with E-state index >= 15 is 0 Å². The second-order valence-corrected chi connectivity index (χ2v) is 4.83. The first kappa shape index (κ1) is 14.0. The number of pyridine rings is 2. The van der Waals surface area contributed by atoms with E-state index in [9.17, 15) is 4.79 Å². The molecule has 0 aliphatic carbocycles. The van der Waals surface area contributed by atoms with Gasteiger partial charge in [-0.25, -0.2) is 4.98 Å². The Kier molecular flexibility index (Phi) is 4.30. The van der Waals surface area contributed by atoms with Crippen LogP contribution in [0.25, 0.3) is 0 Å². The Bertz CT molecular complexity index is 593. The first-order chi connectivity index (χ1) is 9.54. The molecule has 0 radical (unpaired) electrons. The summed E-state index contributed by atoms with van der Waals surface area (Å²) in [6, 6.07) is 7.53. The number of anilines is 2. The Morgan fingerprint density at radius 2 is 2.05 bits per heavy atom. The summed E-state index contributed by atoms with van der Waals surface area (Å²) in [7, 11) is 3.89. The van der Waals surface area contributed by atoms with Gasteiger partial charge < -0.3 is 10.2 Å². The summed E-state index contributed by atoms with van der Waals surface area (Å²) in [4.78, 5) is 22.2. The lowest BCUT2D eigenvalue weighted by Crippen LogP contribution is -2.16. The minimum absolute atomic E-state index is 0.0981. The van der Waals surface area contributed by atoms with E-state index in [2.05, 4.69) is 15.3 Å². The SMILES string of the molecule is Cc1ccc(CC(=O)Nc2cc(N(C)C)ccn2)cn1. The molecule has 2 heterocycles. The van der Waals surface area contributed by atoms with Crippen molar-refractivity contribution >= 4 is 17.4 Å². The number of rotatable bonds is 4. The molecule has 1 amide bonds. The maximum absolute atomic E-state index is 12.0. The molecule has 0 bridgehead atoms. The second-order valence-electron chi connectivity index (χ2n) is 4.83. The summed E-state index contributed by atoms with van der Waals surface area (Å²) in [5, 5.41) is 2.80. The van der Waals surface area contributed by atoms with Crippen molar-refractivity contribution in [2.24, 2.45) is 0 Å². The molecule has 0 saturated heterocycles. The summed E-state index contributed by atoms with van der Waals surface area (Å²) in [5.41, 5.74) is 2.82. The van der Waals surface area contributed by atoms with Crippen LogP contribution in [0, 0.1) is 6.92 Å². The Balaban J connectivity index is 2.01. The molecular weight excluding hydrogens is 252 g/mol. The van der Waals surface area contributed by atoms with Gasteiger partial charge >= 0.3 is 0 Å². The third-order valence-corrected chi connectivity index (χ3v) is 2.86. The van der Waals surface area contributed by atoms with Gasteiger partial charge in [-0.05, 0) is 24.6 Å². The zero-order chi connectivity index (χ0) is 14.5. The number of hydrogen-bond donors (Lipinski definition) is 1. The number of carbonyl (C=O) groups is 1. The molecular formula is C15H18N4O. The number of nitrogens with one attached hydrogen (secondary N) is 1. The quantitative estimate of drug-likeness (QED) is 0.923. The van der Waals surface area contributed by atoms with Crippen molar-refractivity contribution in [2.45, 2.75) is 13.3 Å². The molecule has 0 atom stereocenters. The van der Waals surface area contributed by atoms with Crippen LogP contribution in [0.4, 0.5) is 11.5 Å². The highest BCUT2D eigenvalue weighted by Gasteiger charge is 2.06. The molecule has 0 aliphatic rings. The van der Waals surface area contributed by atoms with Crippen molar-refractivity contribution in [1.82, 2.24) is 9.97 Å². The molecule has 2 aromatic rings. The van der Waals surface area contributed by atoms with Gasteiger partial charge in [0.2, 0.25) is 5.91 Å². The highest BCUT2D eigenvalue weighted by molar-refractivity contribution is 5.91. The Labute approximate surface area is 118 Å². The average Bonchev–Trinajstić information content (AvgIpc) is 2.41. The maximum Gasteiger partial charge on any atom is 0.230 e. The first-order valence-corrected chi connectivity index (χ1v) is 6.39. The highest BCUT2D eigenvalue weighted by atomic mass is 16.1. The first-order valence-electron chi connectivity index (χ1n) is 6.39. The van der Waals surface area contributed by atoms with Crippen LogP contribution in [0.2, 0.25) is 0 Å². The lowest BCUT2D eigenvalue weighted by atomic mass is 10.2. The fourth-order valence-electron chi connectivity index (χ4n) is 1.74. The van der Waals surface area contributed by atoms with E-state index in [-0.39, 0.29) is 5.91 Å². The number of amides is 1. The molecule has 104 valence electrons. The standard InChI is InChI=1S/C15H18N4O/c1-11-4-5-12(10-17-11)8-15(20)18-14-9-13(19(2)3)6-7-16-14/h4-7,9-10H,8H2,1-3H3,(H,16,18,20). The normalized spacial score (nSPS) is 10.2. The summed E-state index contributed by atoms with van der Waals surface area (Å²) in [6.45, 7) is 1.92. The van der Waals surface area contributed by atoms with Crippen LogP contribution in [0.15, 0.2) is 36.7 Å². The number of aryl methyl sites for hydroxylation is 1. The number of hydrogen-bond acceptors (Lipinski definition) is 4. The minimum Gasteiger partial charge on any atom is -0.378 e. The predicted molar refractivity (Wildman–Crippen MR) is 79.9 cm³/mol. The smallest absolute Gasteiger partial charge is 0.230 e. The van der Waals surface area contributed by atoms with Gasteiger partial charge in [0.1, 0.15) is 5.82 Å². The van der Waals surface area contributed by atoms with Gasteiger partial charge in [-0.1, -0.05) is 6.07 Å². The lowest BCUT2D eigenvalue weighted by Gasteiger charge is -2.13. The summed E-state index contributed by atoms with van der Waals surface area (Å²) in [6.07, 6.45) is 3.69. The third kappa shape index (κ3) is 3.78. The van der Waals surface area contributed by atoms with Gasteiger partial charge in [0.25, 0.3) is 0 Å². The molecule has 0 unspecified atom stereocenters. The van der Waals surface area contributed by atoms with Crippen LogP contribution in [0.5, 0.6) is 0 Å². The summed E-state index contributed by atoms with van der Waals surface area (Å²) < 4.78 is 0. The number of carbonyl (C=O) groups excluding carboxylic acids is 1. The molecule has 5 nitrogen and oxygen atoms in total. The van der Waals surface area contributed by atoms with Crippen molar-refractivity contribution in [3.63, 3.8) is 0 Å². The average molecular weight is 270 g/mol. The zero-order valence-corrected chi connectivity index (χ0v) is 11.9. The van der Waals surface area contributed by atoms with Crippen LogP contribution < -0.4 is 10.2 Å². The molecule has 2 aromatic heterocycles. The van der Waals surface area contributed by atoms with E-state index in [0.29, 0.717) is 12.2 Å². The van der Waals surface area contributed by atoms with E-state index in [0.717, 1.165) is 16.9 Å². The predicted octanol–water partition coefficient (Wildman–Crippen LogP) is 2.03. The lowest BCUT2D eigenvalue weighted by molar-refractivity contribution is -0.115. The molecule has 0 aliphatic heterocycles. The minimum atomic E-state index is -0.0981. The van der Waals surface area contributed by atoms with E-state index in [4.69, 9.17) is 0 Å². The topological polar surface area (TPSA) is 58.1 Å². The second kappa shape index (κ2) is 6.14. The fourth-order valence-corrected chi connectivity index (χ4v) is 1.74. The van der Waals surface area contributed by atoms with Gasteiger partial charge in [0.05, 0.1) is 6.42 Å². The largest absolute Gasteiger partial charge is 0.378 e. The van der Waals surface area contributed by atoms with Crippen LogP contribution >= 0.6 is 0 Å². The monoisotopic (exact) mass is 270 g/mol. The molecule has 0 aromatic carbocycles. The Morgan fingerprint density at radius 3 is 2.70 bits per heavy atom. The van der Waals surface area contributed by atoms with E-state index in [1.54, 1.807) is 12.4 Å². The van der Waals surface area contributed by atoms with Crippen LogP contribution in [-0.4, -0.2) is 30.0 Å². The van der Waals surface area contributed by atoms with Crippen molar-refractivity contribution in [3.8, 4) is 0 Å². The molecule has 0 spiro atoms. The Morgan fingerprint density at radius 1 is 1.25 bits per heavy atom. The van der Waals surface area contributed by atoms with Crippen molar-refractivity contribution in [2.75, 3.05) is 24.3 Å². The summed E-state index contributed by atoms with van der Waals surface area (Å²) in [5.74, 6) is 0.459. The molecule has 20 heavy (non-hydrogen) atoms. The Hall–Kier alpha value is -2.43. The molecule has 0 saturated carbocycles. The van der Waals surface area contributed by atoms with Crippen molar-refractivity contribution < 1.29 is 4.79 Å². The molecule has 1 N–H and O–H groups in total. The molecule has 0 fully saturated rings.